The molecule has 1 aromatic rings. The predicted molar refractivity (Wildman–Crippen MR) is 66.6 cm³/mol. The van der Waals surface area contributed by atoms with Crippen molar-refractivity contribution in [3.8, 4) is 0 Å². The molecule has 0 spiro atoms. The van der Waals surface area contributed by atoms with Crippen LogP contribution in [0.3, 0.4) is 0 Å². The first-order chi connectivity index (χ1) is 8.24. The highest BCUT2D eigenvalue weighted by atomic mass is 35.5. The fraction of sp³-hybridized carbons (Fsp3) is 0.364. The summed E-state index contributed by atoms with van der Waals surface area (Å²) in [4.78, 5) is 10.7. The second-order valence-corrected chi connectivity index (χ2v) is 6.27. The summed E-state index contributed by atoms with van der Waals surface area (Å²) < 4.78 is 39.2. The number of carbonyl (C=O) groups is 1. The van der Waals surface area contributed by atoms with Crippen molar-refractivity contribution in [2.24, 2.45) is 5.92 Å². The zero-order chi connectivity index (χ0) is 13.9. The Bertz CT molecular complexity index is 557. The van der Waals surface area contributed by atoms with Crippen molar-refractivity contribution in [1.82, 2.24) is 4.72 Å². The van der Waals surface area contributed by atoms with Crippen molar-refractivity contribution in [2.45, 2.75) is 18.7 Å². The summed E-state index contributed by atoms with van der Waals surface area (Å²) in [5.41, 5.74) is -0.455. The van der Waals surface area contributed by atoms with E-state index in [1.807, 2.05) is 13.8 Å². The standard InChI is InChI=1S/C11H13ClFNO3S/c1-7(2)6-14-18(16,17)8-3-4-10(13)9(5-8)11(12)15/h3-5,7,14H,6H2,1-2H3. The van der Waals surface area contributed by atoms with Crippen LogP contribution in [-0.4, -0.2) is 20.2 Å². The molecule has 0 aromatic heterocycles. The number of hydrogen-bond acceptors (Lipinski definition) is 3. The lowest BCUT2D eigenvalue weighted by Crippen LogP contribution is -2.27. The van der Waals surface area contributed by atoms with E-state index in [0.29, 0.717) is 0 Å². The largest absolute Gasteiger partial charge is 0.275 e. The van der Waals surface area contributed by atoms with Gasteiger partial charge in [0.2, 0.25) is 10.0 Å². The van der Waals surface area contributed by atoms with Crippen LogP contribution >= 0.6 is 11.6 Å². The first kappa shape index (κ1) is 15.1. The number of rotatable bonds is 5. The summed E-state index contributed by atoms with van der Waals surface area (Å²) in [6.45, 7) is 3.95. The smallest absolute Gasteiger partial charge is 0.255 e. The molecular weight excluding hydrogens is 281 g/mol. The maximum atomic E-state index is 13.2. The third-order valence-corrected chi connectivity index (χ3v) is 3.77. The number of carbonyl (C=O) groups excluding carboxylic acids is 1. The van der Waals surface area contributed by atoms with Gasteiger partial charge in [0.15, 0.2) is 0 Å². The summed E-state index contributed by atoms with van der Waals surface area (Å²) in [6.07, 6.45) is 0. The molecule has 0 amide bonds. The zero-order valence-corrected chi connectivity index (χ0v) is 11.5. The fourth-order valence-corrected chi connectivity index (χ4v) is 2.57. The van der Waals surface area contributed by atoms with Gasteiger partial charge in [0.25, 0.3) is 5.24 Å². The Kier molecular flexibility index (Phi) is 4.84. The first-order valence-electron chi connectivity index (χ1n) is 5.23. The number of halogens is 2. The summed E-state index contributed by atoms with van der Waals surface area (Å²) in [6, 6.07) is 2.91. The van der Waals surface area contributed by atoms with Gasteiger partial charge in [-0.2, -0.15) is 0 Å². The molecule has 0 aliphatic carbocycles. The Labute approximate surface area is 110 Å². The van der Waals surface area contributed by atoms with Crippen molar-refractivity contribution < 1.29 is 17.6 Å². The topological polar surface area (TPSA) is 63.2 Å². The fourth-order valence-electron chi connectivity index (χ4n) is 1.18. The molecule has 100 valence electrons. The van der Waals surface area contributed by atoms with Crippen LogP contribution < -0.4 is 4.72 Å². The van der Waals surface area contributed by atoms with Crippen LogP contribution in [0.4, 0.5) is 4.39 Å². The number of hydrogen-bond donors (Lipinski definition) is 1. The highest BCUT2D eigenvalue weighted by Gasteiger charge is 2.18. The molecule has 0 heterocycles. The average Bonchev–Trinajstić information content (AvgIpc) is 2.26. The van der Waals surface area contributed by atoms with Gasteiger partial charge in [-0.3, -0.25) is 4.79 Å². The van der Waals surface area contributed by atoms with Crippen molar-refractivity contribution in [2.75, 3.05) is 6.54 Å². The Hall–Kier alpha value is -0.980. The molecule has 0 saturated heterocycles. The van der Waals surface area contributed by atoms with Crippen LogP contribution in [0, 0.1) is 11.7 Å². The maximum absolute atomic E-state index is 13.2. The van der Waals surface area contributed by atoms with Crippen LogP contribution in [0.5, 0.6) is 0 Å². The normalized spacial score (nSPS) is 11.8. The molecule has 1 rings (SSSR count). The van der Waals surface area contributed by atoms with Gasteiger partial charge in [-0.25, -0.2) is 17.5 Å². The molecule has 4 nitrogen and oxygen atoms in total. The SMILES string of the molecule is CC(C)CNS(=O)(=O)c1ccc(F)c(C(=O)Cl)c1. The Morgan fingerprint density at radius 2 is 2.06 bits per heavy atom. The molecule has 7 heteroatoms. The second kappa shape index (κ2) is 5.77. The van der Waals surface area contributed by atoms with Crippen LogP contribution in [0.25, 0.3) is 0 Å². The van der Waals surface area contributed by atoms with E-state index >= 15 is 0 Å². The molecule has 0 aliphatic heterocycles. The minimum absolute atomic E-state index is 0.134. The molecule has 0 saturated carbocycles. The van der Waals surface area contributed by atoms with E-state index < -0.39 is 26.6 Å². The Morgan fingerprint density at radius 1 is 1.44 bits per heavy atom. The summed E-state index contributed by atoms with van der Waals surface area (Å²) in [5, 5.41) is -1.03. The molecule has 0 radical (unpaired) electrons. The lowest BCUT2D eigenvalue weighted by molar-refractivity contribution is 0.107. The zero-order valence-electron chi connectivity index (χ0n) is 9.91. The first-order valence-corrected chi connectivity index (χ1v) is 7.09. The van der Waals surface area contributed by atoms with E-state index in [1.165, 1.54) is 0 Å². The van der Waals surface area contributed by atoms with Crippen LogP contribution in [0.2, 0.25) is 0 Å². The second-order valence-electron chi connectivity index (χ2n) is 4.16. The minimum Gasteiger partial charge on any atom is -0.275 e. The molecule has 18 heavy (non-hydrogen) atoms. The highest BCUT2D eigenvalue weighted by Crippen LogP contribution is 2.17. The summed E-state index contributed by atoms with van der Waals surface area (Å²) >= 11 is 5.16. The number of nitrogens with one attached hydrogen (secondary N) is 1. The van der Waals surface area contributed by atoms with Crippen LogP contribution in [0.1, 0.15) is 24.2 Å². The average molecular weight is 294 g/mol. The number of benzene rings is 1. The molecule has 0 unspecified atom stereocenters. The van der Waals surface area contributed by atoms with E-state index in [9.17, 15) is 17.6 Å². The van der Waals surface area contributed by atoms with E-state index in [4.69, 9.17) is 11.6 Å². The van der Waals surface area contributed by atoms with Crippen LogP contribution in [0.15, 0.2) is 23.1 Å². The Balaban J connectivity index is 3.10. The molecule has 0 aliphatic rings. The molecule has 1 aromatic carbocycles. The molecule has 0 fully saturated rings. The van der Waals surface area contributed by atoms with Gasteiger partial charge >= 0.3 is 0 Å². The monoisotopic (exact) mass is 293 g/mol. The van der Waals surface area contributed by atoms with Gasteiger partial charge in [0.05, 0.1) is 10.5 Å². The van der Waals surface area contributed by atoms with Gasteiger partial charge < -0.3 is 0 Å². The van der Waals surface area contributed by atoms with Crippen molar-refractivity contribution in [3.05, 3.63) is 29.6 Å². The predicted octanol–water partition coefficient (Wildman–Crippen LogP) is 2.14. The van der Waals surface area contributed by atoms with Gasteiger partial charge in [0.1, 0.15) is 5.82 Å². The van der Waals surface area contributed by atoms with E-state index in [2.05, 4.69) is 4.72 Å². The number of sulfonamides is 1. The van der Waals surface area contributed by atoms with Gasteiger partial charge in [-0.15, -0.1) is 0 Å². The minimum atomic E-state index is -3.76. The van der Waals surface area contributed by atoms with Crippen molar-refractivity contribution in [3.63, 3.8) is 0 Å². The lowest BCUT2D eigenvalue weighted by Gasteiger charge is -2.09. The summed E-state index contributed by atoms with van der Waals surface area (Å²) in [7, 11) is -3.76. The molecule has 0 bridgehead atoms. The molecular formula is C11H13ClFNO3S. The van der Waals surface area contributed by atoms with E-state index in [1.54, 1.807) is 0 Å². The molecule has 1 N–H and O–H groups in total. The quantitative estimate of drug-likeness (QED) is 0.846. The van der Waals surface area contributed by atoms with Gasteiger partial charge in [-0.05, 0) is 35.7 Å². The highest BCUT2D eigenvalue weighted by molar-refractivity contribution is 7.89. The maximum Gasteiger partial charge on any atom is 0.255 e. The van der Waals surface area contributed by atoms with E-state index in [-0.39, 0.29) is 17.4 Å². The summed E-state index contributed by atoms with van der Waals surface area (Å²) in [5.74, 6) is -0.716. The van der Waals surface area contributed by atoms with E-state index in [0.717, 1.165) is 18.2 Å². The third kappa shape index (κ3) is 3.76. The van der Waals surface area contributed by atoms with Gasteiger partial charge in [-0.1, -0.05) is 13.8 Å². The lowest BCUT2D eigenvalue weighted by atomic mass is 10.2. The third-order valence-electron chi connectivity index (χ3n) is 2.14. The van der Waals surface area contributed by atoms with Crippen molar-refractivity contribution in [1.29, 1.82) is 0 Å². The Morgan fingerprint density at radius 3 is 2.56 bits per heavy atom. The van der Waals surface area contributed by atoms with Crippen molar-refractivity contribution >= 4 is 26.9 Å². The molecule has 0 atom stereocenters. The van der Waals surface area contributed by atoms with Gasteiger partial charge in [0, 0.05) is 6.54 Å². The van der Waals surface area contributed by atoms with Crippen LogP contribution in [-0.2, 0) is 10.0 Å².